The summed E-state index contributed by atoms with van der Waals surface area (Å²) >= 11 is 1.16. The van der Waals surface area contributed by atoms with Gasteiger partial charge in [-0.05, 0) is 42.3 Å². The maximum atomic E-state index is 14.5. The zero-order valence-corrected chi connectivity index (χ0v) is 16.7. The highest BCUT2D eigenvalue weighted by Gasteiger charge is 2.15. The smallest absolute Gasteiger partial charge is 0.311 e. The molecule has 0 saturated carbocycles. The first-order valence-electron chi connectivity index (χ1n) is 8.85. The number of nitrogens with zero attached hydrogens (tertiary/aromatic N) is 1. The van der Waals surface area contributed by atoms with Crippen molar-refractivity contribution < 1.29 is 23.5 Å². The number of thiazole rings is 1. The molecule has 2 aromatic carbocycles. The van der Waals surface area contributed by atoms with Crippen LogP contribution in [-0.4, -0.2) is 30.6 Å². The van der Waals surface area contributed by atoms with E-state index in [0.717, 1.165) is 16.9 Å². The van der Waals surface area contributed by atoms with Gasteiger partial charge in [-0.2, -0.15) is 0 Å². The number of benzene rings is 2. The molecule has 8 heteroatoms. The highest BCUT2D eigenvalue weighted by Crippen LogP contribution is 2.25. The van der Waals surface area contributed by atoms with Gasteiger partial charge in [0.05, 0.1) is 31.4 Å². The minimum Gasteiger partial charge on any atom is -0.497 e. The van der Waals surface area contributed by atoms with Crippen molar-refractivity contribution >= 4 is 28.3 Å². The maximum absolute atomic E-state index is 14.5. The average molecular weight is 414 g/mol. The van der Waals surface area contributed by atoms with Gasteiger partial charge in [0.15, 0.2) is 5.13 Å². The monoisotopic (exact) mass is 414 g/mol. The predicted octanol–water partition coefficient (Wildman–Crippen LogP) is 4.32. The first-order chi connectivity index (χ1) is 14.0. The molecule has 3 rings (SSSR count). The third-order valence-electron chi connectivity index (χ3n) is 4.04. The van der Waals surface area contributed by atoms with E-state index in [1.54, 1.807) is 37.6 Å². The second kappa shape index (κ2) is 9.29. The van der Waals surface area contributed by atoms with Crippen molar-refractivity contribution in [3.63, 3.8) is 0 Å². The SMILES string of the molecule is CCOC(=O)Cc1csc(NC(=O)c2ccc(-c3ccc(OC)cc3)cc2F)n1. The number of carbonyl (C=O) groups excluding carboxylic acids is 2. The second-order valence-corrected chi connectivity index (χ2v) is 6.86. The Morgan fingerprint density at radius 2 is 1.86 bits per heavy atom. The quantitative estimate of drug-likeness (QED) is 0.583. The molecule has 1 heterocycles. The van der Waals surface area contributed by atoms with E-state index in [1.807, 2.05) is 12.1 Å². The van der Waals surface area contributed by atoms with E-state index in [2.05, 4.69) is 10.3 Å². The van der Waals surface area contributed by atoms with Crippen LogP contribution in [0.3, 0.4) is 0 Å². The molecule has 1 amide bonds. The van der Waals surface area contributed by atoms with Gasteiger partial charge in [-0.15, -0.1) is 11.3 Å². The Hall–Kier alpha value is -3.26. The van der Waals surface area contributed by atoms with Crippen molar-refractivity contribution in [1.29, 1.82) is 0 Å². The van der Waals surface area contributed by atoms with Crippen LogP contribution in [0.2, 0.25) is 0 Å². The van der Waals surface area contributed by atoms with Gasteiger partial charge in [-0.3, -0.25) is 14.9 Å². The van der Waals surface area contributed by atoms with Crippen LogP contribution in [0.4, 0.5) is 9.52 Å². The number of halogens is 1. The molecule has 0 aliphatic heterocycles. The first-order valence-corrected chi connectivity index (χ1v) is 9.73. The standard InChI is InChI=1S/C21H19FN2O4S/c1-3-28-19(25)11-15-12-29-21(23-15)24-20(26)17-9-6-14(10-18(17)22)13-4-7-16(27-2)8-5-13/h4-10,12H,3,11H2,1-2H3,(H,23,24,26). The van der Waals surface area contributed by atoms with Crippen molar-refractivity contribution in [2.24, 2.45) is 0 Å². The lowest BCUT2D eigenvalue weighted by Crippen LogP contribution is -2.14. The van der Waals surface area contributed by atoms with Crippen molar-refractivity contribution in [2.75, 3.05) is 19.0 Å². The fraction of sp³-hybridized carbons (Fsp3) is 0.190. The molecule has 0 radical (unpaired) electrons. The van der Waals surface area contributed by atoms with Crippen LogP contribution in [-0.2, 0) is 16.0 Å². The number of anilines is 1. The largest absolute Gasteiger partial charge is 0.497 e. The molecule has 0 aliphatic rings. The first kappa shape index (κ1) is 20.5. The van der Waals surface area contributed by atoms with Gasteiger partial charge >= 0.3 is 5.97 Å². The zero-order valence-electron chi connectivity index (χ0n) is 15.9. The normalized spacial score (nSPS) is 10.4. The highest BCUT2D eigenvalue weighted by atomic mass is 32.1. The Kier molecular flexibility index (Phi) is 6.56. The van der Waals surface area contributed by atoms with Crippen LogP contribution in [0.5, 0.6) is 5.75 Å². The molecule has 0 bridgehead atoms. The number of carbonyl (C=O) groups is 2. The number of aromatic nitrogens is 1. The number of rotatable bonds is 7. The Morgan fingerprint density at radius 1 is 1.14 bits per heavy atom. The molecule has 0 spiro atoms. The van der Waals surface area contributed by atoms with E-state index in [4.69, 9.17) is 9.47 Å². The molecule has 0 fully saturated rings. The summed E-state index contributed by atoms with van der Waals surface area (Å²) in [6, 6.07) is 11.6. The molecule has 1 aromatic heterocycles. The van der Waals surface area contributed by atoms with Crippen LogP contribution in [0, 0.1) is 5.82 Å². The lowest BCUT2D eigenvalue weighted by molar-refractivity contribution is -0.142. The number of nitrogens with one attached hydrogen (secondary N) is 1. The minimum atomic E-state index is -0.640. The summed E-state index contributed by atoms with van der Waals surface area (Å²) in [5.74, 6) is -0.938. The number of amides is 1. The molecule has 0 aliphatic carbocycles. The van der Waals surface area contributed by atoms with Gasteiger partial charge in [0.2, 0.25) is 0 Å². The van der Waals surface area contributed by atoms with E-state index in [0.29, 0.717) is 23.6 Å². The van der Waals surface area contributed by atoms with Crippen LogP contribution in [0.15, 0.2) is 47.8 Å². The molecule has 1 N–H and O–H groups in total. The van der Waals surface area contributed by atoms with Crippen molar-refractivity contribution in [2.45, 2.75) is 13.3 Å². The van der Waals surface area contributed by atoms with Crippen molar-refractivity contribution in [3.05, 3.63) is 64.9 Å². The molecule has 0 atom stereocenters. The van der Waals surface area contributed by atoms with Gasteiger partial charge in [0, 0.05) is 5.38 Å². The van der Waals surface area contributed by atoms with Gasteiger partial charge in [-0.1, -0.05) is 18.2 Å². The average Bonchev–Trinajstić information content (AvgIpc) is 3.14. The van der Waals surface area contributed by atoms with E-state index >= 15 is 0 Å². The van der Waals surface area contributed by atoms with Crippen molar-refractivity contribution in [1.82, 2.24) is 4.98 Å². The van der Waals surface area contributed by atoms with Gasteiger partial charge in [-0.25, -0.2) is 9.37 Å². The molecular weight excluding hydrogens is 395 g/mol. The molecule has 29 heavy (non-hydrogen) atoms. The van der Waals surface area contributed by atoms with Crippen LogP contribution in [0.25, 0.3) is 11.1 Å². The van der Waals surface area contributed by atoms with Gasteiger partial charge in [0.25, 0.3) is 5.91 Å². The van der Waals surface area contributed by atoms with E-state index in [9.17, 15) is 14.0 Å². The number of esters is 1. The number of hydrogen-bond acceptors (Lipinski definition) is 6. The van der Waals surface area contributed by atoms with Crippen LogP contribution >= 0.6 is 11.3 Å². The summed E-state index contributed by atoms with van der Waals surface area (Å²) in [6.45, 7) is 2.01. The lowest BCUT2D eigenvalue weighted by atomic mass is 10.0. The summed E-state index contributed by atoms with van der Waals surface area (Å²) in [5, 5.41) is 4.49. The molecule has 0 unspecified atom stereocenters. The summed E-state index contributed by atoms with van der Waals surface area (Å²) in [7, 11) is 1.57. The third-order valence-corrected chi connectivity index (χ3v) is 4.85. The molecular formula is C21H19FN2O4S. The summed E-state index contributed by atoms with van der Waals surface area (Å²) < 4.78 is 24.5. The fourth-order valence-corrected chi connectivity index (χ4v) is 3.34. The molecule has 6 nitrogen and oxygen atoms in total. The predicted molar refractivity (Wildman–Crippen MR) is 109 cm³/mol. The Labute approximate surface area is 171 Å². The number of ether oxygens (including phenoxy) is 2. The Morgan fingerprint density at radius 3 is 2.52 bits per heavy atom. The topological polar surface area (TPSA) is 77.5 Å². The van der Waals surface area contributed by atoms with Crippen LogP contribution < -0.4 is 10.1 Å². The minimum absolute atomic E-state index is 0.0190. The lowest BCUT2D eigenvalue weighted by Gasteiger charge is -2.07. The van der Waals surface area contributed by atoms with E-state index in [-0.39, 0.29) is 17.1 Å². The second-order valence-electron chi connectivity index (χ2n) is 6.00. The summed E-state index contributed by atoms with van der Waals surface area (Å²) in [6.07, 6.45) is 0.0190. The Balaban J connectivity index is 1.69. The molecule has 3 aromatic rings. The van der Waals surface area contributed by atoms with Gasteiger partial charge in [0.1, 0.15) is 11.6 Å². The van der Waals surface area contributed by atoms with Gasteiger partial charge < -0.3 is 9.47 Å². The number of hydrogen-bond donors (Lipinski definition) is 1. The van der Waals surface area contributed by atoms with E-state index in [1.165, 1.54) is 12.1 Å². The molecule has 0 saturated heterocycles. The maximum Gasteiger partial charge on any atom is 0.311 e. The summed E-state index contributed by atoms with van der Waals surface area (Å²) in [4.78, 5) is 28.1. The van der Waals surface area contributed by atoms with E-state index < -0.39 is 17.7 Å². The van der Waals surface area contributed by atoms with Crippen LogP contribution in [0.1, 0.15) is 23.0 Å². The summed E-state index contributed by atoms with van der Waals surface area (Å²) in [5.41, 5.74) is 1.84. The third kappa shape index (κ3) is 5.17. The van der Waals surface area contributed by atoms with Crippen molar-refractivity contribution in [3.8, 4) is 16.9 Å². The number of methoxy groups -OCH3 is 1. The Bertz CT molecular complexity index is 1020. The highest BCUT2D eigenvalue weighted by molar-refractivity contribution is 7.14. The fourth-order valence-electron chi connectivity index (χ4n) is 2.63. The molecule has 150 valence electrons. The zero-order chi connectivity index (χ0) is 20.8.